The number of hydrogen-bond donors (Lipinski definition) is 0. The highest BCUT2D eigenvalue weighted by atomic mass is 35.5. The van der Waals surface area contributed by atoms with E-state index in [4.69, 9.17) is 11.6 Å². The summed E-state index contributed by atoms with van der Waals surface area (Å²) in [5.74, 6) is 1.10. The summed E-state index contributed by atoms with van der Waals surface area (Å²) in [7, 11) is 0. The Balaban J connectivity index is 2.68. The van der Waals surface area contributed by atoms with Crippen molar-refractivity contribution >= 4 is 11.6 Å². The van der Waals surface area contributed by atoms with Crippen LogP contribution in [-0.2, 0) is 13.0 Å². The second-order valence-electron chi connectivity index (χ2n) is 2.21. The second-order valence-corrected chi connectivity index (χ2v) is 2.46. The summed E-state index contributed by atoms with van der Waals surface area (Å²) in [5.41, 5.74) is 1.53. The van der Waals surface area contributed by atoms with Gasteiger partial charge in [0.05, 0.1) is 0 Å². The van der Waals surface area contributed by atoms with E-state index in [1.165, 1.54) is 5.54 Å². The van der Waals surface area contributed by atoms with Gasteiger partial charge in [-0.05, 0) is 0 Å². The Bertz CT molecular complexity index is 240. The molecule has 0 aliphatic carbocycles. The number of imidazole rings is 1. The quantitative estimate of drug-likeness (QED) is 0.680. The molecule has 0 aromatic carbocycles. The molecule has 1 rings (SSSR count). The van der Waals surface area contributed by atoms with Gasteiger partial charge in [-0.25, -0.2) is 4.98 Å². The van der Waals surface area contributed by atoms with Crippen LogP contribution in [0.2, 0.25) is 0 Å². The topological polar surface area (TPSA) is 17.8 Å². The molecule has 0 unspecified atom stereocenters. The molecule has 0 radical (unpaired) electrons. The molecule has 0 saturated heterocycles. The lowest BCUT2D eigenvalue weighted by molar-refractivity contribution is 0.748. The van der Waals surface area contributed by atoms with Gasteiger partial charge < -0.3 is 4.57 Å². The molecule has 0 amide bonds. The van der Waals surface area contributed by atoms with Crippen molar-refractivity contribution in [2.24, 2.45) is 0 Å². The van der Waals surface area contributed by atoms with Crippen LogP contribution >= 0.6 is 11.6 Å². The highest BCUT2D eigenvalue weighted by Crippen LogP contribution is 1.98. The molecule has 0 atom stereocenters. The number of hydrogen-bond acceptors (Lipinski definition) is 1. The molecule has 11 heavy (non-hydrogen) atoms. The van der Waals surface area contributed by atoms with Crippen molar-refractivity contribution in [2.45, 2.75) is 19.9 Å². The van der Waals surface area contributed by atoms with Gasteiger partial charge in [-0.1, -0.05) is 24.6 Å². The van der Waals surface area contributed by atoms with Gasteiger partial charge in [-0.2, -0.15) is 0 Å². The smallest absolute Gasteiger partial charge is 0.108 e. The highest BCUT2D eigenvalue weighted by Gasteiger charge is 1.95. The number of aryl methyl sites for hydroxylation is 1. The number of aromatic nitrogens is 2. The van der Waals surface area contributed by atoms with Gasteiger partial charge in [0.1, 0.15) is 5.82 Å². The second kappa shape index (κ2) is 4.19. The van der Waals surface area contributed by atoms with Gasteiger partial charge in [-0.3, -0.25) is 0 Å². The van der Waals surface area contributed by atoms with Crippen molar-refractivity contribution in [3.63, 3.8) is 0 Å². The molecule has 1 heterocycles. The fourth-order valence-electron chi connectivity index (χ4n) is 0.974. The van der Waals surface area contributed by atoms with Crippen molar-refractivity contribution in [1.82, 2.24) is 9.55 Å². The van der Waals surface area contributed by atoms with E-state index < -0.39 is 0 Å². The molecule has 3 heteroatoms. The number of nitrogens with zero attached hydrogens (tertiary/aromatic N) is 2. The first kappa shape index (κ1) is 8.34. The molecule has 0 fully saturated rings. The summed E-state index contributed by atoms with van der Waals surface area (Å²) < 4.78 is 2.07. The molecule has 0 aliphatic heterocycles. The van der Waals surface area contributed by atoms with Crippen molar-refractivity contribution < 1.29 is 0 Å². The Morgan fingerprint density at radius 1 is 1.73 bits per heavy atom. The van der Waals surface area contributed by atoms with Gasteiger partial charge in [0.2, 0.25) is 0 Å². The Morgan fingerprint density at radius 2 is 2.55 bits per heavy atom. The van der Waals surface area contributed by atoms with Gasteiger partial charge in [0.15, 0.2) is 0 Å². The van der Waals surface area contributed by atoms with Crippen molar-refractivity contribution in [3.8, 4) is 0 Å². The number of halogens is 1. The predicted octanol–water partition coefficient (Wildman–Crippen LogP) is 2.20. The number of rotatable bonds is 3. The molecule has 60 valence electrons. The van der Waals surface area contributed by atoms with E-state index in [2.05, 4.69) is 16.5 Å². The molecule has 0 spiro atoms. The lowest BCUT2D eigenvalue weighted by atomic mass is 10.4. The summed E-state index contributed by atoms with van der Waals surface area (Å²) in [6.45, 7) is 2.90. The lowest BCUT2D eigenvalue weighted by Crippen LogP contribution is -1.99. The summed E-state index contributed by atoms with van der Waals surface area (Å²) in [6.07, 6.45) is 6.61. The van der Waals surface area contributed by atoms with E-state index in [0.29, 0.717) is 0 Å². The Labute approximate surface area is 71.5 Å². The largest absolute Gasteiger partial charge is 0.331 e. The van der Waals surface area contributed by atoms with Crippen molar-refractivity contribution in [3.05, 3.63) is 29.8 Å². The lowest BCUT2D eigenvalue weighted by Gasteiger charge is -2.00. The minimum absolute atomic E-state index is 0.812. The van der Waals surface area contributed by atoms with Crippen LogP contribution in [-0.4, -0.2) is 9.55 Å². The normalized spacial score (nSPS) is 11.1. The maximum Gasteiger partial charge on any atom is 0.108 e. The molecule has 0 bridgehead atoms. The molecule has 0 aliphatic rings. The monoisotopic (exact) mass is 170 g/mol. The SMILES string of the molecule is CCc1nccn1CC=CCl. The molecule has 0 N–H and O–H groups in total. The molecule has 1 aromatic heterocycles. The highest BCUT2D eigenvalue weighted by molar-refractivity contribution is 6.25. The average Bonchev–Trinajstić information content (AvgIpc) is 2.47. The first-order valence-electron chi connectivity index (χ1n) is 3.63. The zero-order chi connectivity index (χ0) is 8.10. The third-order valence-electron chi connectivity index (χ3n) is 1.51. The average molecular weight is 171 g/mol. The summed E-state index contributed by atoms with van der Waals surface area (Å²) in [5, 5.41) is 0. The minimum atomic E-state index is 0.812. The fourth-order valence-corrected chi connectivity index (χ4v) is 1.05. The zero-order valence-corrected chi connectivity index (χ0v) is 7.25. The first-order chi connectivity index (χ1) is 5.38. The Morgan fingerprint density at radius 3 is 3.18 bits per heavy atom. The standard InChI is InChI=1S/C8H11ClN2/c1-2-8-10-5-7-11(8)6-3-4-9/h3-5,7H,2,6H2,1H3. The van der Waals surface area contributed by atoms with E-state index in [9.17, 15) is 0 Å². The minimum Gasteiger partial charge on any atom is -0.331 e. The Kier molecular flexibility index (Phi) is 3.17. The first-order valence-corrected chi connectivity index (χ1v) is 4.07. The van der Waals surface area contributed by atoms with E-state index in [1.54, 1.807) is 6.20 Å². The van der Waals surface area contributed by atoms with Crippen LogP contribution in [0.4, 0.5) is 0 Å². The summed E-state index contributed by atoms with van der Waals surface area (Å²) >= 11 is 5.40. The van der Waals surface area contributed by atoms with E-state index >= 15 is 0 Å². The van der Waals surface area contributed by atoms with Crippen molar-refractivity contribution in [2.75, 3.05) is 0 Å². The van der Waals surface area contributed by atoms with Crippen LogP contribution in [0.1, 0.15) is 12.7 Å². The van der Waals surface area contributed by atoms with Crippen LogP contribution in [0, 0.1) is 0 Å². The van der Waals surface area contributed by atoms with Crippen LogP contribution in [0.25, 0.3) is 0 Å². The van der Waals surface area contributed by atoms with E-state index in [-0.39, 0.29) is 0 Å². The zero-order valence-electron chi connectivity index (χ0n) is 6.50. The van der Waals surface area contributed by atoms with Crippen LogP contribution in [0.3, 0.4) is 0 Å². The van der Waals surface area contributed by atoms with Gasteiger partial charge in [-0.15, -0.1) is 0 Å². The molecule has 2 nitrogen and oxygen atoms in total. The fraction of sp³-hybridized carbons (Fsp3) is 0.375. The van der Waals surface area contributed by atoms with E-state index in [0.717, 1.165) is 18.8 Å². The van der Waals surface area contributed by atoms with Crippen LogP contribution in [0.5, 0.6) is 0 Å². The molecule has 0 saturated carbocycles. The van der Waals surface area contributed by atoms with Gasteiger partial charge >= 0.3 is 0 Å². The molecule has 1 aromatic rings. The Hall–Kier alpha value is -0.760. The molecular weight excluding hydrogens is 160 g/mol. The molecular formula is C8H11ClN2. The van der Waals surface area contributed by atoms with Gasteiger partial charge in [0, 0.05) is 30.9 Å². The van der Waals surface area contributed by atoms with E-state index in [1.807, 2.05) is 12.3 Å². The third-order valence-corrected chi connectivity index (χ3v) is 1.69. The van der Waals surface area contributed by atoms with Crippen LogP contribution in [0.15, 0.2) is 24.0 Å². The maximum atomic E-state index is 5.40. The predicted molar refractivity (Wildman–Crippen MR) is 46.6 cm³/mol. The maximum absolute atomic E-state index is 5.40. The van der Waals surface area contributed by atoms with Crippen molar-refractivity contribution in [1.29, 1.82) is 0 Å². The van der Waals surface area contributed by atoms with Gasteiger partial charge in [0.25, 0.3) is 0 Å². The third kappa shape index (κ3) is 2.09. The number of allylic oxidation sites excluding steroid dienone is 1. The summed E-state index contributed by atoms with van der Waals surface area (Å²) in [4.78, 5) is 4.17. The summed E-state index contributed by atoms with van der Waals surface area (Å²) in [6, 6.07) is 0. The van der Waals surface area contributed by atoms with Crippen LogP contribution < -0.4 is 0 Å².